The van der Waals surface area contributed by atoms with Gasteiger partial charge in [0.1, 0.15) is 12.4 Å². The number of ether oxygens (including phenoxy) is 1. The lowest BCUT2D eigenvalue weighted by Gasteiger charge is -2.18. The van der Waals surface area contributed by atoms with Gasteiger partial charge in [0.25, 0.3) is 0 Å². The monoisotopic (exact) mass is 332 g/mol. The van der Waals surface area contributed by atoms with Gasteiger partial charge in [-0.15, -0.1) is 12.4 Å². The van der Waals surface area contributed by atoms with E-state index in [1.807, 2.05) is 12.1 Å². The average molecular weight is 333 g/mol. The van der Waals surface area contributed by atoms with E-state index in [1.165, 1.54) is 12.8 Å². The molecule has 0 aliphatic heterocycles. The maximum atomic E-state index is 11.8. The number of amides is 1. The molecule has 0 bridgehead atoms. The first-order valence-corrected chi connectivity index (χ1v) is 7.36. The van der Waals surface area contributed by atoms with Crippen molar-refractivity contribution in [3.63, 3.8) is 0 Å². The molecule has 1 saturated carbocycles. The molecule has 1 aromatic carbocycles. The van der Waals surface area contributed by atoms with Gasteiger partial charge in [0.2, 0.25) is 5.91 Å². The number of rotatable bonds is 8. The fraction of sp³-hybridized carbons (Fsp3) is 0.533. The Hall–Kier alpha value is -0.970. The third-order valence-corrected chi connectivity index (χ3v) is 3.56. The van der Waals surface area contributed by atoms with E-state index in [-0.39, 0.29) is 18.3 Å². The summed E-state index contributed by atoms with van der Waals surface area (Å²) in [6.45, 7) is 2.39. The summed E-state index contributed by atoms with van der Waals surface area (Å²) >= 11 is 5.87. The number of hydrogen-bond acceptors (Lipinski definition) is 3. The van der Waals surface area contributed by atoms with Crippen LogP contribution in [0.1, 0.15) is 12.8 Å². The summed E-state index contributed by atoms with van der Waals surface area (Å²) < 4.78 is 5.56. The molecule has 1 aliphatic carbocycles. The van der Waals surface area contributed by atoms with E-state index in [0.29, 0.717) is 24.7 Å². The molecule has 2 rings (SSSR count). The van der Waals surface area contributed by atoms with Crippen molar-refractivity contribution in [3.8, 4) is 5.75 Å². The molecule has 0 atom stereocenters. The second-order valence-corrected chi connectivity index (χ2v) is 5.63. The largest absolute Gasteiger partial charge is 0.492 e. The summed E-state index contributed by atoms with van der Waals surface area (Å²) in [5.74, 6) is 1.62. The first-order chi connectivity index (χ1) is 9.65. The zero-order valence-electron chi connectivity index (χ0n) is 12.2. The molecule has 1 aromatic rings. The summed E-state index contributed by atoms with van der Waals surface area (Å²) in [6, 6.07) is 7.26. The van der Waals surface area contributed by atoms with Gasteiger partial charge in [-0.2, -0.15) is 0 Å². The predicted octanol–water partition coefficient (Wildman–Crippen LogP) is 2.60. The van der Waals surface area contributed by atoms with Gasteiger partial charge in [-0.25, -0.2) is 0 Å². The molecule has 1 aliphatic rings. The minimum Gasteiger partial charge on any atom is -0.492 e. The van der Waals surface area contributed by atoms with Crippen LogP contribution in [-0.4, -0.2) is 44.1 Å². The Morgan fingerprint density at radius 1 is 1.48 bits per heavy atom. The second kappa shape index (κ2) is 9.13. The molecule has 0 spiro atoms. The second-order valence-electron chi connectivity index (χ2n) is 5.20. The Kier molecular flexibility index (Phi) is 7.86. The Morgan fingerprint density at radius 3 is 2.90 bits per heavy atom. The quantitative estimate of drug-likeness (QED) is 0.795. The van der Waals surface area contributed by atoms with Crippen LogP contribution in [0.5, 0.6) is 5.75 Å². The number of nitrogens with one attached hydrogen (secondary N) is 1. The zero-order valence-corrected chi connectivity index (χ0v) is 13.8. The third-order valence-electron chi connectivity index (χ3n) is 3.32. The van der Waals surface area contributed by atoms with E-state index < -0.39 is 0 Å². The van der Waals surface area contributed by atoms with E-state index in [4.69, 9.17) is 16.3 Å². The summed E-state index contributed by atoms with van der Waals surface area (Å²) in [7, 11) is 1.79. The van der Waals surface area contributed by atoms with Gasteiger partial charge in [-0.05, 0) is 43.5 Å². The standard InChI is InChI=1S/C15H21ClN2O2.ClH/c1-18(15(19)11-17-10-12-5-6-12)7-8-20-14-4-2-3-13(16)9-14;/h2-4,9,12,17H,5-8,10-11H2,1H3;1H. The van der Waals surface area contributed by atoms with Crippen LogP contribution in [0.25, 0.3) is 0 Å². The molecule has 0 saturated heterocycles. The van der Waals surface area contributed by atoms with Gasteiger partial charge >= 0.3 is 0 Å². The number of nitrogens with zero attached hydrogens (tertiary/aromatic N) is 1. The molecule has 0 unspecified atom stereocenters. The molecule has 118 valence electrons. The van der Waals surface area contributed by atoms with Crippen molar-refractivity contribution < 1.29 is 9.53 Å². The topological polar surface area (TPSA) is 41.6 Å². The van der Waals surface area contributed by atoms with Gasteiger partial charge in [0.15, 0.2) is 0 Å². The number of benzene rings is 1. The van der Waals surface area contributed by atoms with Gasteiger partial charge < -0.3 is 15.0 Å². The molecular weight excluding hydrogens is 311 g/mol. The minimum atomic E-state index is 0. The number of carbonyl (C=O) groups excluding carboxylic acids is 1. The molecule has 0 heterocycles. The van der Waals surface area contributed by atoms with Crippen LogP contribution in [0.3, 0.4) is 0 Å². The Labute approximate surface area is 137 Å². The van der Waals surface area contributed by atoms with Crippen LogP contribution in [0, 0.1) is 5.92 Å². The highest BCUT2D eigenvalue weighted by atomic mass is 35.5. The summed E-state index contributed by atoms with van der Waals surface area (Å²) in [5, 5.41) is 3.84. The van der Waals surface area contributed by atoms with E-state index >= 15 is 0 Å². The van der Waals surface area contributed by atoms with Gasteiger partial charge in [-0.1, -0.05) is 17.7 Å². The van der Waals surface area contributed by atoms with Crippen LogP contribution in [0.4, 0.5) is 0 Å². The Balaban J connectivity index is 0.00000220. The smallest absolute Gasteiger partial charge is 0.236 e. The van der Waals surface area contributed by atoms with Crippen molar-refractivity contribution >= 4 is 29.9 Å². The first kappa shape index (κ1) is 18.1. The van der Waals surface area contributed by atoms with E-state index in [2.05, 4.69) is 5.32 Å². The molecule has 0 radical (unpaired) electrons. The van der Waals surface area contributed by atoms with Crippen molar-refractivity contribution in [3.05, 3.63) is 29.3 Å². The molecule has 21 heavy (non-hydrogen) atoms. The molecular formula is C15H22Cl2N2O2. The zero-order chi connectivity index (χ0) is 14.4. The molecule has 1 N–H and O–H groups in total. The average Bonchev–Trinajstić information content (AvgIpc) is 3.22. The van der Waals surface area contributed by atoms with Crippen LogP contribution in [0.2, 0.25) is 5.02 Å². The molecule has 1 fully saturated rings. The summed E-state index contributed by atoms with van der Waals surface area (Å²) in [6.07, 6.45) is 2.59. The summed E-state index contributed by atoms with van der Waals surface area (Å²) in [5.41, 5.74) is 0. The summed E-state index contributed by atoms with van der Waals surface area (Å²) in [4.78, 5) is 13.5. The highest BCUT2D eigenvalue weighted by Crippen LogP contribution is 2.27. The van der Waals surface area contributed by atoms with Crippen LogP contribution < -0.4 is 10.1 Å². The SMILES string of the molecule is CN(CCOc1cccc(Cl)c1)C(=O)CNCC1CC1.Cl. The number of halogens is 2. The van der Waals surface area contributed by atoms with E-state index in [1.54, 1.807) is 24.1 Å². The van der Waals surface area contributed by atoms with Crippen LogP contribution in [-0.2, 0) is 4.79 Å². The van der Waals surface area contributed by atoms with Crippen LogP contribution >= 0.6 is 24.0 Å². The van der Waals surface area contributed by atoms with Gasteiger partial charge in [0, 0.05) is 12.1 Å². The highest BCUT2D eigenvalue weighted by molar-refractivity contribution is 6.30. The van der Waals surface area contributed by atoms with E-state index in [9.17, 15) is 4.79 Å². The maximum Gasteiger partial charge on any atom is 0.236 e. The maximum absolute atomic E-state index is 11.8. The predicted molar refractivity (Wildman–Crippen MR) is 87.4 cm³/mol. The lowest BCUT2D eigenvalue weighted by molar-refractivity contribution is -0.129. The Bertz CT molecular complexity index is 453. The highest BCUT2D eigenvalue weighted by Gasteiger charge is 2.20. The van der Waals surface area contributed by atoms with Crippen molar-refractivity contribution in [2.45, 2.75) is 12.8 Å². The number of likely N-dealkylation sites (N-methyl/N-ethyl adjacent to an activating group) is 1. The first-order valence-electron chi connectivity index (χ1n) is 6.98. The molecule has 6 heteroatoms. The number of hydrogen-bond donors (Lipinski definition) is 1. The lowest BCUT2D eigenvalue weighted by atomic mass is 10.3. The third kappa shape index (κ3) is 7.02. The number of carbonyl (C=O) groups is 1. The van der Waals surface area contributed by atoms with Gasteiger partial charge in [0.05, 0.1) is 13.1 Å². The Morgan fingerprint density at radius 2 is 2.24 bits per heavy atom. The van der Waals surface area contributed by atoms with Crippen molar-refractivity contribution in [2.75, 3.05) is 33.3 Å². The van der Waals surface area contributed by atoms with Gasteiger partial charge in [-0.3, -0.25) is 4.79 Å². The van der Waals surface area contributed by atoms with Crippen molar-refractivity contribution in [2.24, 2.45) is 5.92 Å². The fourth-order valence-electron chi connectivity index (χ4n) is 1.82. The fourth-order valence-corrected chi connectivity index (χ4v) is 2.00. The minimum absolute atomic E-state index is 0. The van der Waals surface area contributed by atoms with Crippen molar-refractivity contribution in [1.82, 2.24) is 10.2 Å². The lowest BCUT2D eigenvalue weighted by Crippen LogP contribution is -2.38. The molecule has 0 aromatic heterocycles. The molecule has 1 amide bonds. The normalized spacial score (nSPS) is 13.4. The van der Waals surface area contributed by atoms with Crippen LogP contribution in [0.15, 0.2) is 24.3 Å². The molecule has 4 nitrogen and oxygen atoms in total. The van der Waals surface area contributed by atoms with E-state index in [0.717, 1.165) is 18.2 Å². The van der Waals surface area contributed by atoms with Crippen molar-refractivity contribution in [1.29, 1.82) is 0 Å².